The van der Waals surface area contributed by atoms with E-state index in [1.807, 2.05) is 14.0 Å². The monoisotopic (exact) mass is 251 g/mol. The van der Waals surface area contributed by atoms with Crippen molar-refractivity contribution >= 4 is 0 Å². The lowest BCUT2D eigenvalue weighted by molar-refractivity contribution is 0.585. The number of halogens is 2. The van der Waals surface area contributed by atoms with E-state index >= 15 is 0 Å². The highest BCUT2D eigenvalue weighted by molar-refractivity contribution is 5.69. The van der Waals surface area contributed by atoms with E-state index in [-0.39, 0.29) is 0 Å². The Kier molecular flexibility index (Phi) is 3.72. The van der Waals surface area contributed by atoms with Crippen molar-refractivity contribution in [2.45, 2.75) is 13.3 Å². The van der Waals surface area contributed by atoms with Crippen molar-refractivity contribution in [3.05, 3.63) is 41.2 Å². The number of aromatic amines is 1. The fourth-order valence-corrected chi connectivity index (χ4v) is 1.95. The number of nitrogens with zero attached hydrogens (tertiary/aromatic N) is 1. The van der Waals surface area contributed by atoms with Crippen LogP contribution in [0, 0.1) is 18.6 Å². The van der Waals surface area contributed by atoms with Crippen LogP contribution < -0.4 is 5.32 Å². The largest absolute Gasteiger partial charge is 0.319 e. The van der Waals surface area contributed by atoms with Gasteiger partial charge in [0.15, 0.2) is 0 Å². The molecule has 3 nitrogen and oxygen atoms in total. The Balaban J connectivity index is 2.45. The Morgan fingerprint density at radius 3 is 2.78 bits per heavy atom. The van der Waals surface area contributed by atoms with E-state index in [2.05, 4.69) is 15.5 Å². The van der Waals surface area contributed by atoms with Gasteiger partial charge in [-0.1, -0.05) is 0 Å². The van der Waals surface area contributed by atoms with E-state index < -0.39 is 11.6 Å². The van der Waals surface area contributed by atoms with Crippen molar-refractivity contribution in [1.82, 2.24) is 15.5 Å². The van der Waals surface area contributed by atoms with E-state index in [0.717, 1.165) is 29.6 Å². The van der Waals surface area contributed by atoms with Crippen molar-refractivity contribution in [2.75, 3.05) is 13.6 Å². The number of rotatable bonds is 4. The van der Waals surface area contributed by atoms with Crippen LogP contribution in [0.2, 0.25) is 0 Å². The van der Waals surface area contributed by atoms with Crippen LogP contribution >= 0.6 is 0 Å². The minimum Gasteiger partial charge on any atom is -0.319 e. The van der Waals surface area contributed by atoms with Crippen LogP contribution in [0.4, 0.5) is 8.78 Å². The molecule has 2 N–H and O–H groups in total. The van der Waals surface area contributed by atoms with Crippen LogP contribution in [0.3, 0.4) is 0 Å². The zero-order chi connectivity index (χ0) is 13.1. The third kappa shape index (κ3) is 2.41. The highest BCUT2D eigenvalue weighted by Crippen LogP contribution is 2.28. The number of aromatic nitrogens is 2. The number of hydrogen-bond acceptors (Lipinski definition) is 2. The molecule has 1 aromatic heterocycles. The van der Waals surface area contributed by atoms with Gasteiger partial charge in [-0.15, -0.1) is 0 Å². The van der Waals surface area contributed by atoms with Crippen molar-refractivity contribution < 1.29 is 8.78 Å². The first-order chi connectivity index (χ1) is 8.63. The van der Waals surface area contributed by atoms with Crippen molar-refractivity contribution in [2.24, 2.45) is 0 Å². The molecule has 0 aliphatic heterocycles. The molecule has 0 amide bonds. The molecule has 0 unspecified atom stereocenters. The molecular formula is C13H15F2N3. The Hall–Kier alpha value is -1.75. The van der Waals surface area contributed by atoms with E-state index in [1.165, 1.54) is 12.1 Å². The predicted molar refractivity (Wildman–Crippen MR) is 66.3 cm³/mol. The summed E-state index contributed by atoms with van der Waals surface area (Å²) in [6, 6.07) is 3.60. The Morgan fingerprint density at radius 1 is 1.33 bits per heavy atom. The maximum Gasteiger partial charge on any atom is 0.134 e. The lowest BCUT2D eigenvalue weighted by Gasteiger charge is -2.05. The van der Waals surface area contributed by atoms with E-state index in [1.54, 1.807) is 0 Å². The van der Waals surface area contributed by atoms with Gasteiger partial charge >= 0.3 is 0 Å². The number of aryl methyl sites for hydroxylation is 1. The Bertz CT molecular complexity index is 549. The standard InChI is InChI=1S/C13H15F2N3/c1-8-13(12(18-17-8)5-6-16-2)10-4-3-9(14)7-11(10)15/h3-4,7,16H,5-6H2,1-2H3,(H,17,18). The molecule has 0 aliphatic carbocycles. The van der Waals surface area contributed by atoms with Gasteiger partial charge in [0.05, 0.1) is 5.69 Å². The number of H-pyrrole nitrogens is 1. The fraction of sp³-hybridized carbons (Fsp3) is 0.308. The normalized spacial score (nSPS) is 10.9. The molecule has 0 fully saturated rings. The van der Waals surface area contributed by atoms with Crippen molar-refractivity contribution in [3.63, 3.8) is 0 Å². The molecule has 0 atom stereocenters. The third-order valence-electron chi connectivity index (χ3n) is 2.83. The molecule has 0 radical (unpaired) electrons. The number of benzene rings is 1. The van der Waals surface area contributed by atoms with Crippen LogP contribution in [-0.2, 0) is 6.42 Å². The van der Waals surface area contributed by atoms with Crippen LogP contribution in [0.5, 0.6) is 0 Å². The average molecular weight is 251 g/mol. The molecule has 0 bridgehead atoms. The topological polar surface area (TPSA) is 40.7 Å². The summed E-state index contributed by atoms with van der Waals surface area (Å²) in [6.07, 6.45) is 0.687. The van der Waals surface area contributed by atoms with Gasteiger partial charge in [0, 0.05) is 35.9 Å². The second-order valence-corrected chi connectivity index (χ2v) is 4.15. The van der Waals surface area contributed by atoms with E-state index in [9.17, 15) is 8.78 Å². The molecule has 1 heterocycles. The third-order valence-corrected chi connectivity index (χ3v) is 2.83. The minimum absolute atomic E-state index is 0.383. The Labute approximate surface area is 104 Å². The smallest absolute Gasteiger partial charge is 0.134 e. The van der Waals surface area contributed by atoms with Crippen LogP contribution in [0.1, 0.15) is 11.4 Å². The van der Waals surface area contributed by atoms with E-state index in [4.69, 9.17) is 0 Å². The highest BCUT2D eigenvalue weighted by atomic mass is 19.1. The van der Waals surface area contributed by atoms with Gasteiger partial charge in [0.2, 0.25) is 0 Å². The van der Waals surface area contributed by atoms with Gasteiger partial charge in [-0.25, -0.2) is 8.78 Å². The molecule has 0 spiro atoms. The molecule has 2 aromatic rings. The van der Waals surface area contributed by atoms with Crippen molar-refractivity contribution in [1.29, 1.82) is 0 Å². The van der Waals surface area contributed by atoms with E-state index in [0.29, 0.717) is 12.0 Å². The molecule has 2 rings (SSSR count). The number of hydrogen-bond donors (Lipinski definition) is 2. The molecule has 18 heavy (non-hydrogen) atoms. The predicted octanol–water partition coefficient (Wildman–Crippen LogP) is 2.43. The summed E-state index contributed by atoms with van der Waals surface area (Å²) < 4.78 is 26.7. The van der Waals surface area contributed by atoms with Gasteiger partial charge in [-0.2, -0.15) is 5.10 Å². The van der Waals surface area contributed by atoms with Crippen LogP contribution in [0.15, 0.2) is 18.2 Å². The molecule has 0 aliphatic rings. The number of nitrogens with one attached hydrogen (secondary N) is 2. The molecular weight excluding hydrogens is 236 g/mol. The summed E-state index contributed by atoms with van der Waals surface area (Å²) in [4.78, 5) is 0. The lowest BCUT2D eigenvalue weighted by atomic mass is 10.0. The second-order valence-electron chi connectivity index (χ2n) is 4.15. The Morgan fingerprint density at radius 2 is 2.11 bits per heavy atom. The van der Waals surface area contributed by atoms with Crippen LogP contribution in [0.25, 0.3) is 11.1 Å². The van der Waals surface area contributed by atoms with Gasteiger partial charge < -0.3 is 5.32 Å². The fourth-order valence-electron chi connectivity index (χ4n) is 1.95. The summed E-state index contributed by atoms with van der Waals surface area (Å²) in [6.45, 7) is 2.58. The maximum atomic E-state index is 13.8. The average Bonchev–Trinajstić information content (AvgIpc) is 2.68. The summed E-state index contributed by atoms with van der Waals surface area (Å²) in [5.41, 5.74) is 2.68. The zero-order valence-corrected chi connectivity index (χ0v) is 10.3. The SMILES string of the molecule is CNCCc1n[nH]c(C)c1-c1ccc(F)cc1F. The van der Waals surface area contributed by atoms with Gasteiger partial charge in [0.1, 0.15) is 11.6 Å². The minimum atomic E-state index is -0.575. The molecule has 1 aromatic carbocycles. The maximum absolute atomic E-state index is 13.8. The summed E-state index contributed by atoms with van der Waals surface area (Å²) in [5, 5.41) is 10.0. The number of likely N-dealkylation sites (N-methyl/N-ethyl adjacent to an activating group) is 1. The highest BCUT2D eigenvalue weighted by Gasteiger charge is 2.16. The second kappa shape index (κ2) is 5.27. The van der Waals surface area contributed by atoms with Gasteiger partial charge in [-0.3, -0.25) is 5.10 Å². The first kappa shape index (κ1) is 12.7. The molecule has 96 valence electrons. The molecule has 0 saturated heterocycles. The van der Waals surface area contributed by atoms with Crippen molar-refractivity contribution in [3.8, 4) is 11.1 Å². The first-order valence-corrected chi connectivity index (χ1v) is 5.77. The van der Waals surface area contributed by atoms with Gasteiger partial charge in [-0.05, 0) is 26.1 Å². The molecule has 0 saturated carbocycles. The summed E-state index contributed by atoms with van der Waals surface area (Å²) in [5.74, 6) is -1.14. The molecule has 5 heteroatoms. The zero-order valence-electron chi connectivity index (χ0n) is 10.3. The first-order valence-electron chi connectivity index (χ1n) is 5.77. The summed E-state index contributed by atoms with van der Waals surface area (Å²) >= 11 is 0. The van der Waals surface area contributed by atoms with Crippen LogP contribution in [-0.4, -0.2) is 23.8 Å². The quantitative estimate of drug-likeness (QED) is 0.876. The lowest BCUT2D eigenvalue weighted by Crippen LogP contribution is -2.11. The summed E-state index contributed by atoms with van der Waals surface area (Å²) in [7, 11) is 1.84. The van der Waals surface area contributed by atoms with Gasteiger partial charge in [0.25, 0.3) is 0 Å².